The van der Waals surface area contributed by atoms with Crippen LogP contribution in [0.25, 0.3) is 0 Å². The van der Waals surface area contributed by atoms with E-state index in [0.29, 0.717) is 11.8 Å². The van der Waals surface area contributed by atoms with E-state index in [1.54, 1.807) is 0 Å². The number of hydrogen-bond acceptors (Lipinski definition) is 2. The van der Waals surface area contributed by atoms with Crippen molar-refractivity contribution in [3.63, 3.8) is 0 Å². The largest absolute Gasteiger partial charge is 0.342 e. The Morgan fingerprint density at radius 3 is 2.15 bits per heavy atom. The molecule has 3 nitrogen and oxygen atoms in total. The van der Waals surface area contributed by atoms with Crippen molar-refractivity contribution in [3.05, 3.63) is 0 Å². The minimum absolute atomic E-state index is 0.0371. The first-order valence-corrected chi connectivity index (χ1v) is 8.40. The number of carbonyl (C=O) groups is 1. The molecule has 0 aromatic rings. The minimum atomic E-state index is -0.0371. The Morgan fingerprint density at radius 1 is 1.15 bits per heavy atom. The van der Waals surface area contributed by atoms with Crippen LogP contribution in [0.15, 0.2) is 0 Å². The molecule has 0 atom stereocenters. The van der Waals surface area contributed by atoms with Crippen molar-refractivity contribution in [2.45, 2.75) is 65.7 Å². The van der Waals surface area contributed by atoms with Gasteiger partial charge in [0.05, 0.1) is 0 Å². The maximum Gasteiger partial charge on any atom is 0.228 e. The summed E-state index contributed by atoms with van der Waals surface area (Å²) in [5.74, 6) is 1.05. The Hall–Kier alpha value is -0.570. The van der Waals surface area contributed by atoms with Gasteiger partial charge in [0.25, 0.3) is 0 Å². The number of nitrogens with two attached hydrogens (primary N) is 1. The summed E-state index contributed by atoms with van der Waals surface area (Å²) in [6.07, 6.45) is 7.86. The summed E-state index contributed by atoms with van der Waals surface area (Å²) in [5.41, 5.74) is 6.08. The molecular weight excluding hydrogens is 248 g/mol. The molecule has 2 aliphatic rings. The summed E-state index contributed by atoms with van der Waals surface area (Å²) in [4.78, 5) is 15.2. The highest BCUT2D eigenvalue weighted by Crippen LogP contribution is 2.45. The zero-order chi connectivity index (χ0) is 14.8. The summed E-state index contributed by atoms with van der Waals surface area (Å²) >= 11 is 0. The van der Waals surface area contributed by atoms with Gasteiger partial charge in [-0.3, -0.25) is 4.79 Å². The van der Waals surface area contributed by atoms with E-state index in [1.165, 1.54) is 12.8 Å². The van der Waals surface area contributed by atoms with E-state index in [0.717, 1.165) is 51.7 Å². The predicted molar refractivity (Wildman–Crippen MR) is 83.3 cm³/mol. The molecule has 0 aromatic heterocycles. The second-order valence-electron chi connectivity index (χ2n) is 7.89. The molecule has 20 heavy (non-hydrogen) atoms. The van der Waals surface area contributed by atoms with E-state index < -0.39 is 0 Å². The van der Waals surface area contributed by atoms with Gasteiger partial charge >= 0.3 is 0 Å². The molecule has 1 aliphatic heterocycles. The van der Waals surface area contributed by atoms with Crippen LogP contribution in [0, 0.1) is 16.7 Å². The lowest BCUT2D eigenvalue weighted by molar-refractivity contribution is -0.145. The van der Waals surface area contributed by atoms with Crippen molar-refractivity contribution in [2.24, 2.45) is 22.5 Å². The van der Waals surface area contributed by atoms with Crippen LogP contribution in [-0.4, -0.2) is 30.4 Å². The number of likely N-dealkylation sites (tertiary alicyclic amines) is 1. The Morgan fingerprint density at radius 2 is 1.70 bits per heavy atom. The molecule has 2 rings (SSSR count). The number of nitrogens with zero attached hydrogens (tertiary/aromatic N) is 1. The fourth-order valence-corrected chi connectivity index (χ4v) is 4.13. The quantitative estimate of drug-likeness (QED) is 0.859. The highest BCUT2D eigenvalue weighted by molar-refractivity contribution is 5.83. The monoisotopic (exact) mass is 280 g/mol. The van der Waals surface area contributed by atoms with Crippen LogP contribution >= 0.6 is 0 Å². The topological polar surface area (TPSA) is 46.3 Å². The average Bonchev–Trinajstić information content (AvgIpc) is 2.88. The van der Waals surface area contributed by atoms with E-state index >= 15 is 0 Å². The molecule has 1 saturated carbocycles. The summed E-state index contributed by atoms with van der Waals surface area (Å²) < 4.78 is 0. The van der Waals surface area contributed by atoms with Gasteiger partial charge in [-0.1, -0.05) is 33.6 Å². The molecule has 0 radical (unpaired) electrons. The molecule has 0 aromatic carbocycles. The third-order valence-electron chi connectivity index (χ3n) is 5.56. The molecule has 1 amide bonds. The smallest absolute Gasteiger partial charge is 0.228 e. The molecule has 2 fully saturated rings. The number of piperidine rings is 1. The lowest BCUT2D eigenvalue weighted by atomic mass is 9.75. The second-order valence-corrected chi connectivity index (χ2v) is 7.89. The summed E-state index contributed by atoms with van der Waals surface area (Å²) in [6.45, 7) is 9.31. The molecule has 0 bridgehead atoms. The zero-order valence-electron chi connectivity index (χ0n) is 13.6. The van der Waals surface area contributed by atoms with E-state index in [-0.39, 0.29) is 10.8 Å². The molecular formula is C17H32N2O. The van der Waals surface area contributed by atoms with Crippen molar-refractivity contribution in [2.75, 3.05) is 19.6 Å². The van der Waals surface area contributed by atoms with Crippen molar-refractivity contribution < 1.29 is 4.79 Å². The van der Waals surface area contributed by atoms with Crippen molar-refractivity contribution in [1.82, 2.24) is 4.90 Å². The first kappa shape index (κ1) is 15.8. The molecule has 0 spiro atoms. The summed E-state index contributed by atoms with van der Waals surface area (Å²) in [7, 11) is 0. The molecule has 116 valence electrons. The molecule has 1 saturated heterocycles. The Kier molecular flexibility index (Phi) is 4.78. The zero-order valence-corrected chi connectivity index (χ0v) is 13.6. The lowest BCUT2D eigenvalue weighted by Crippen LogP contribution is -2.50. The molecule has 3 heteroatoms. The van der Waals surface area contributed by atoms with Gasteiger partial charge in [0.2, 0.25) is 5.91 Å². The Bertz CT molecular complexity index is 337. The lowest BCUT2D eigenvalue weighted by Gasteiger charge is -2.42. The number of carbonyl (C=O) groups excluding carboxylic acids is 1. The number of hydrogen-bond donors (Lipinski definition) is 1. The van der Waals surface area contributed by atoms with Gasteiger partial charge in [-0.25, -0.2) is 0 Å². The van der Waals surface area contributed by atoms with E-state index in [4.69, 9.17) is 5.73 Å². The van der Waals surface area contributed by atoms with Crippen LogP contribution < -0.4 is 5.73 Å². The molecule has 1 heterocycles. The SMILES string of the molecule is CC(C)CC1(C(=O)N2CCC(C)(CN)CC2)CCCC1. The standard InChI is InChI=1S/C17H32N2O/c1-14(2)12-17(6-4-5-7-17)15(20)19-10-8-16(3,13-18)9-11-19/h14H,4-13,18H2,1-3H3. The molecule has 2 N–H and O–H groups in total. The summed E-state index contributed by atoms with van der Waals surface area (Å²) in [5, 5.41) is 0. The van der Waals surface area contributed by atoms with Gasteiger partial charge in [0.15, 0.2) is 0 Å². The fraction of sp³-hybridized carbons (Fsp3) is 0.941. The van der Waals surface area contributed by atoms with Crippen LogP contribution in [0.4, 0.5) is 0 Å². The van der Waals surface area contributed by atoms with E-state index in [9.17, 15) is 4.79 Å². The molecule has 1 aliphatic carbocycles. The van der Waals surface area contributed by atoms with Crippen LogP contribution in [0.2, 0.25) is 0 Å². The maximum absolute atomic E-state index is 13.1. The van der Waals surface area contributed by atoms with E-state index in [2.05, 4.69) is 25.7 Å². The third kappa shape index (κ3) is 3.19. The minimum Gasteiger partial charge on any atom is -0.342 e. The van der Waals surface area contributed by atoms with Crippen molar-refractivity contribution in [1.29, 1.82) is 0 Å². The molecule has 0 unspecified atom stereocenters. The highest BCUT2D eigenvalue weighted by Gasteiger charge is 2.44. The highest BCUT2D eigenvalue weighted by atomic mass is 16.2. The van der Waals surface area contributed by atoms with Crippen LogP contribution in [-0.2, 0) is 4.79 Å². The van der Waals surface area contributed by atoms with Crippen molar-refractivity contribution in [3.8, 4) is 0 Å². The van der Waals surface area contributed by atoms with Gasteiger partial charge in [-0.15, -0.1) is 0 Å². The first-order valence-electron chi connectivity index (χ1n) is 8.40. The van der Waals surface area contributed by atoms with Gasteiger partial charge in [0.1, 0.15) is 0 Å². The number of amides is 1. The first-order chi connectivity index (χ1) is 9.41. The van der Waals surface area contributed by atoms with Gasteiger partial charge in [0, 0.05) is 18.5 Å². The van der Waals surface area contributed by atoms with Crippen LogP contribution in [0.5, 0.6) is 0 Å². The Labute approximate surface area is 124 Å². The fourth-order valence-electron chi connectivity index (χ4n) is 4.13. The third-order valence-corrected chi connectivity index (χ3v) is 5.56. The van der Waals surface area contributed by atoms with Gasteiger partial charge < -0.3 is 10.6 Å². The van der Waals surface area contributed by atoms with Crippen LogP contribution in [0.3, 0.4) is 0 Å². The van der Waals surface area contributed by atoms with Crippen molar-refractivity contribution >= 4 is 5.91 Å². The normalized spacial score (nSPS) is 25.1. The summed E-state index contributed by atoms with van der Waals surface area (Å²) in [6, 6.07) is 0. The predicted octanol–water partition coefficient (Wildman–Crippen LogP) is 3.18. The van der Waals surface area contributed by atoms with Crippen LogP contribution in [0.1, 0.15) is 65.7 Å². The van der Waals surface area contributed by atoms with E-state index in [1.807, 2.05) is 0 Å². The number of rotatable bonds is 4. The maximum atomic E-state index is 13.1. The second kappa shape index (κ2) is 6.05. The van der Waals surface area contributed by atoms with Gasteiger partial charge in [-0.05, 0) is 50.0 Å². The average molecular weight is 280 g/mol. The van der Waals surface area contributed by atoms with Gasteiger partial charge in [-0.2, -0.15) is 0 Å². The Balaban J connectivity index is 2.03.